The molecule has 0 aliphatic rings. The lowest BCUT2D eigenvalue weighted by Crippen LogP contribution is -2.14. The summed E-state index contributed by atoms with van der Waals surface area (Å²) in [5.74, 6) is -0.0563. The van der Waals surface area contributed by atoms with Crippen molar-refractivity contribution >= 4 is 11.9 Å². The number of anilines is 1. The van der Waals surface area contributed by atoms with Gasteiger partial charge in [-0.15, -0.1) is 0 Å². The molecule has 0 aromatic carbocycles. The number of carbonyl (C=O) groups excluding carboxylic acids is 1. The van der Waals surface area contributed by atoms with Gasteiger partial charge in [-0.1, -0.05) is 6.58 Å². The molecule has 0 aliphatic heterocycles. The van der Waals surface area contributed by atoms with E-state index in [2.05, 4.69) is 26.8 Å². The Kier molecular flexibility index (Phi) is 2.47. The second kappa shape index (κ2) is 3.56. The number of nitrogens with one attached hydrogen (secondary N) is 1. The molecule has 1 rings (SSSR count). The molecule has 0 bridgehead atoms. The second-order valence-electron chi connectivity index (χ2n) is 2.20. The number of aromatic nitrogens is 3. The maximum atomic E-state index is 11.0. The van der Waals surface area contributed by atoms with Crippen molar-refractivity contribution in [3.8, 4) is 0 Å². The van der Waals surface area contributed by atoms with Crippen LogP contribution in [0.4, 0.5) is 5.95 Å². The van der Waals surface area contributed by atoms with Gasteiger partial charge in [-0.05, 0) is 6.92 Å². The van der Waals surface area contributed by atoms with Gasteiger partial charge in [-0.3, -0.25) is 10.1 Å². The highest BCUT2D eigenvalue weighted by Gasteiger charge is 2.02. The van der Waals surface area contributed by atoms with E-state index in [4.69, 9.17) is 0 Å². The van der Waals surface area contributed by atoms with Gasteiger partial charge in [0.25, 0.3) is 5.91 Å². The first-order valence-corrected chi connectivity index (χ1v) is 3.29. The Morgan fingerprint density at radius 1 is 1.50 bits per heavy atom. The molecular formula is C7H8N4O. The predicted octanol–water partition coefficient (Wildman–Crippen LogP) is 0.386. The van der Waals surface area contributed by atoms with Gasteiger partial charge in [0.05, 0.1) is 0 Å². The molecule has 0 radical (unpaired) electrons. The number of rotatable bonds is 2. The van der Waals surface area contributed by atoms with Crippen LogP contribution in [0.3, 0.4) is 0 Å². The van der Waals surface area contributed by atoms with Gasteiger partial charge in [0.1, 0.15) is 12.7 Å². The zero-order valence-electron chi connectivity index (χ0n) is 6.61. The Hall–Kier alpha value is -1.78. The highest BCUT2D eigenvalue weighted by molar-refractivity contribution is 6.01. The van der Waals surface area contributed by atoms with E-state index in [9.17, 15) is 4.79 Å². The Balaban J connectivity index is 2.65. The van der Waals surface area contributed by atoms with Crippen LogP contribution in [-0.4, -0.2) is 20.9 Å². The molecule has 5 heteroatoms. The Bertz CT molecular complexity index is 296. The summed E-state index contributed by atoms with van der Waals surface area (Å²) in [5.41, 5.74) is 0.412. The minimum absolute atomic E-state index is 0.234. The lowest BCUT2D eigenvalue weighted by molar-refractivity contribution is -0.112. The van der Waals surface area contributed by atoms with Crippen molar-refractivity contribution in [3.05, 3.63) is 24.8 Å². The third kappa shape index (κ3) is 2.12. The molecule has 1 heterocycles. The van der Waals surface area contributed by atoms with Crippen molar-refractivity contribution in [1.29, 1.82) is 0 Å². The molecule has 1 aromatic heterocycles. The average Bonchev–Trinajstić information content (AvgIpc) is 2.06. The van der Waals surface area contributed by atoms with Gasteiger partial charge >= 0.3 is 0 Å². The van der Waals surface area contributed by atoms with Crippen LogP contribution in [0.5, 0.6) is 0 Å². The zero-order chi connectivity index (χ0) is 8.97. The zero-order valence-corrected chi connectivity index (χ0v) is 6.61. The summed E-state index contributed by atoms with van der Waals surface area (Å²) in [6.45, 7) is 5.08. The molecule has 0 spiro atoms. The Morgan fingerprint density at radius 3 is 2.58 bits per heavy atom. The van der Waals surface area contributed by atoms with Gasteiger partial charge in [0, 0.05) is 5.57 Å². The highest BCUT2D eigenvalue weighted by Crippen LogP contribution is 1.95. The number of hydrogen-bond acceptors (Lipinski definition) is 4. The third-order valence-corrected chi connectivity index (χ3v) is 1.11. The van der Waals surface area contributed by atoms with E-state index in [1.165, 1.54) is 12.7 Å². The largest absolute Gasteiger partial charge is 0.291 e. The number of nitrogens with zero attached hydrogens (tertiary/aromatic N) is 3. The highest BCUT2D eigenvalue weighted by atomic mass is 16.1. The van der Waals surface area contributed by atoms with Gasteiger partial charge in [-0.25, -0.2) is 15.0 Å². The van der Waals surface area contributed by atoms with Crippen LogP contribution in [0.1, 0.15) is 6.92 Å². The maximum Gasteiger partial charge on any atom is 0.253 e. The molecule has 1 N–H and O–H groups in total. The van der Waals surface area contributed by atoms with Crippen molar-refractivity contribution < 1.29 is 4.79 Å². The van der Waals surface area contributed by atoms with Crippen LogP contribution in [0.25, 0.3) is 0 Å². The van der Waals surface area contributed by atoms with Crippen molar-refractivity contribution in [2.45, 2.75) is 6.92 Å². The average molecular weight is 164 g/mol. The first-order valence-electron chi connectivity index (χ1n) is 3.29. The van der Waals surface area contributed by atoms with Crippen molar-refractivity contribution in [2.24, 2.45) is 0 Å². The van der Waals surface area contributed by atoms with Crippen LogP contribution >= 0.6 is 0 Å². The van der Waals surface area contributed by atoms with E-state index in [0.717, 1.165) is 0 Å². The standard InChI is InChI=1S/C7H8N4O/c1-5(2)6(12)11-7-9-3-8-4-10-7/h3-4H,1H2,2H3,(H,8,9,10,11,12). The summed E-state index contributed by atoms with van der Waals surface area (Å²) in [6, 6.07) is 0. The Morgan fingerprint density at radius 2 is 2.08 bits per heavy atom. The SMILES string of the molecule is C=C(C)C(=O)Nc1ncncn1. The van der Waals surface area contributed by atoms with E-state index < -0.39 is 0 Å². The summed E-state index contributed by atoms with van der Waals surface area (Å²) in [4.78, 5) is 22.0. The van der Waals surface area contributed by atoms with Gasteiger partial charge < -0.3 is 0 Å². The molecule has 0 fully saturated rings. The summed E-state index contributed by atoms with van der Waals surface area (Å²) < 4.78 is 0. The van der Waals surface area contributed by atoms with Crippen LogP contribution in [0.2, 0.25) is 0 Å². The lowest BCUT2D eigenvalue weighted by Gasteiger charge is -1.99. The number of hydrogen-bond donors (Lipinski definition) is 1. The molecule has 0 saturated heterocycles. The van der Waals surface area contributed by atoms with Gasteiger partial charge in [0.2, 0.25) is 5.95 Å². The first-order chi connectivity index (χ1) is 5.70. The molecule has 0 atom stereocenters. The molecule has 1 amide bonds. The van der Waals surface area contributed by atoms with E-state index in [1.54, 1.807) is 6.92 Å². The van der Waals surface area contributed by atoms with Gasteiger partial charge in [-0.2, -0.15) is 0 Å². The molecule has 0 saturated carbocycles. The smallest absolute Gasteiger partial charge is 0.253 e. The minimum atomic E-state index is -0.291. The second-order valence-corrected chi connectivity index (χ2v) is 2.20. The molecule has 1 aromatic rings. The molecule has 0 aliphatic carbocycles. The lowest BCUT2D eigenvalue weighted by atomic mass is 10.3. The predicted molar refractivity (Wildman–Crippen MR) is 43.3 cm³/mol. The first kappa shape index (κ1) is 8.32. The van der Waals surface area contributed by atoms with Gasteiger partial charge in [0.15, 0.2) is 0 Å². The van der Waals surface area contributed by atoms with Crippen LogP contribution < -0.4 is 5.32 Å². The molecule has 0 unspecified atom stereocenters. The summed E-state index contributed by atoms with van der Waals surface area (Å²) >= 11 is 0. The van der Waals surface area contributed by atoms with E-state index >= 15 is 0 Å². The number of carbonyl (C=O) groups is 1. The van der Waals surface area contributed by atoms with Crippen molar-refractivity contribution in [1.82, 2.24) is 15.0 Å². The molecule has 5 nitrogen and oxygen atoms in total. The fraction of sp³-hybridized carbons (Fsp3) is 0.143. The molecule has 62 valence electrons. The van der Waals surface area contributed by atoms with Crippen molar-refractivity contribution in [3.63, 3.8) is 0 Å². The Labute approximate surface area is 69.6 Å². The van der Waals surface area contributed by atoms with E-state index in [-0.39, 0.29) is 11.9 Å². The normalized spacial score (nSPS) is 9.08. The third-order valence-electron chi connectivity index (χ3n) is 1.11. The van der Waals surface area contributed by atoms with Crippen molar-refractivity contribution in [2.75, 3.05) is 5.32 Å². The molecule has 12 heavy (non-hydrogen) atoms. The molecular weight excluding hydrogens is 156 g/mol. The number of amides is 1. The summed E-state index contributed by atoms with van der Waals surface area (Å²) in [5, 5.41) is 2.44. The van der Waals surface area contributed by atoms with E-state index in [0.29, 0.717) is 5.57 Å². The fourth-order valence-electron chi connectivity index (χ4n) is 0.512. The minimum Gasteiger partial charge on any atom is -0.291 e. The quantitative estimate of drug-likeness (QED) is 0.642. The summed E-state index contributed by atoms with van der Waals surface area (Å²) in [6.07, 6.45) is 2.61. The van der Waals surface area contributed by atoms with E-state index in [1.807, 2.05) is 0 Å². The van der Waals surface area contributed by atoms with Crippen LogP contribution in [0, 0.1) is 0 Å². The van der Waals surface area contributed by atoms with Crippen LogP contribution in [0.15, 0.2) is 24.8 Å². The van der Waals surface area contributed by atoms with Crippen LogP contribution in [-0.2, 0) is 4.79 Å². The topological polar surface area (TPSA) is 67.8 Å². The maximum absolute atomic E-state index is 11.0. The fourth-order valence-corrected chi connectivity index (χ4v) is 0.512. The summed E-state index contributed by atoms with van der Waals surface area (Å²) in [7, 11) is 0. The monoisotopic (exact) mass is 164 g/mol.